The molecule has 0 spiro atoms. The second-order valence-electron chi connectivity index (χ2n) is 4.43. The van der Waals surface area contributed by atoms with Gasteiger partial charge in [-0.05, 0) is 23.9 Å². The van der Waals surface area contributed by atoms with Crippen LogP contribution in [0.4, 0.5) is 0 Å². The van der Waals surface area contributed by atoms with E-state index in [1.807, 2.05) is 24.3 Å². The smallest absolute Gasteiger partial charge is 0.274 e. The molecule has 1 fully saturated rings. The number of thiophene rings is 1. The number of carbonyl (C=O) groups is 3. The second kappa shape index (κ2) is 4.59. The van der Waals surface area contributed by atoms with Crippen LogP contribution in [0.2, 0.25) is 0 Å². The van der Waals surface area contributed by atoms with Crippen LogP contribution in [-0.4, -0.2) is 22.6 Å². The largest absolute Gasteiger partial charge is 0.277 e. The molecule has 3 rings (SSSR count). The number of nitrogens with zero attached hydrogens (tertiary/aromatic N) is 1. The summed E-state index contributed by atoms with van der Waals surface area (Å²) in [5, 5.41) is 0.952. The molecular formula is C14H11NO3S. The summed E-state index contributed by atoms with van der Waals surface area (Å²) in [5.41, 5.74) is 0. The fraction of sp³-hybridized carbons (Fsp3) is 0.214. The van der Waals surface area contributed by atoms with Crippen LogP contribution in [0, 0.1) is 0 Å². The molecule has 0 unspecified atom stereocenters. The average Bonchev–Trinajstić information content (AvgIpc) is 2.82. The van der Waals surface area contributed by atoms with Gasteiger partial charge in [0.15, 0.2) is 0 Å². The number of amides is 3. The van der Waals surface area contributed by atoms with Crippen LogP contribution in [-0.2, 0) is 9.59 Å². The molecule has 0 radical (unpaired) electrons. The second-order valence-corrected chi connectivity index (χ2v) is 5.51. The number of rotatable bonds is 1. The lowest BCUT2D eigenvalue weighted by atomic mass is 10.1. The quantitative estimate of drug-likeness (QED) is 0.750. The van der Waals surface area contributed by atoms with E-state index in [4.69, 9.17) is 0 Å². The zero-order valence-corrected chi connectivity index (χ0v) is 10.9. The van der Waals surface area contributed by atoms with E-state index in [2.05, 4.69) is 0 Å². The summed E-state index contributed by atoms with van der Waals surface area (Å²) in [6.45, 7) is 0. The van der Waals surface area contributed by atoms with Gasteiger partial charge in [-0.2, -0.15) is 0 Å². The maximum absolute atomic E-state index is 12.3. The summed E-state index contributed by atoms with van der Waals surface area (Å²) in [6, 6.07) is 9.33. The number of fused-ring (bicyclic) bond motifs is 1. The van der Waals surface area contributed by atoms with Crippen LogP contribution in [0.25, 0.3) is 10.1 Å². The van der Waals surface area contributed by atoms with Crippen molar-refractivity contribution in [1.82, 2.24) is 4.90 Å². The van der Waals surface area contributed by atoms with Crippen molar-refractivity contribution in [2.75, 3.05) is 0 Å². The SMILES string of the molecule is O=C1CCCC(=O)N1C(=O)c1cc2ccccc2s1. The molecule has 1 aromatic carbocycles. The molecule has 0 saturated carbocycles. The van der Waals surface area contributed by atoms with E-state index in [-0.39, 0.29) is 12.8 Å². The predicted molar refractivity (Wildman–Crippen MR) is 71.9 cm³/mol. The van der Waals surface area contributed by atoms with Gasteiger partial charge in [-0.25, -0.2) is 4.90 Å². The Morgan fingerprint density at radius 3 is 2.47 bits per heavy atom. The Kier molecular flexibility index (Phi) is 2.91. The first-order valence-electron chi connectivity index (χ1n) is 6.05. The first-order chi connectivity index (χ1) is 9.16. The number of hydrogen-bond acceptors (Lipinski definition) is 4. The van der Waals surface area contributed by atoms with E-state index in [9.17, 15) is 14.4 Å². The standard InChI is InChI=1S/C14H11NO3S/c16-12-6-3-7-13(17)15(12)14(18)11-8-9-4-1-2-5-10(9)19-11/h1-2,4-5,8H,3,6-7H2. The summed E-state index contributed by atoms with van der Waals surface area (Å²) in [4.78, 5) is 37.0. The van der Waals surface area contributed by atoms with Gasteiger partial charge in [-0.1, -0.05) is 18.2 Å². The van der Waals surface area contributed by atoms with E-state index < -0.39 is 17.7 Å². The molecule has 5 heteroatoms. The zero-order chi connectivity index (χ0) is 13.4. The van der Waals surface area contributed by atoms with Crippen molar-refractivity contribution in [2.45, 2.75) is 19.3 Å². The minimum Gasteiger partial charge on any atom is -0.274 e. The number of carbonyl (C=O) groups excluding carboxylic acids is 3. The Bertz CT molecular complexity index is 640. The lowest BCUT2D eigenvalue weighted by Crippen LogP contribution is -2.44. The third kappa shape index (κ3) is 2.06. The monoisotopic (exact) mass is 273 g/mol. The van der Waals surface area contributed by atoms with Crippen LogP contribution in [0.5, 0.6) is 0 Å². The van der Waals surface area contributed by atoms with Gasteiger partial charge >= 0.3 is 0 Å². The van der Waals surface area contributed by atoms with Gasteiger partial charge < -0.3 is 0 Å². The first-order valence-corrected chi connectivity index (χ1v) is 6.87. The molecule has 4 nitrogen and oxygen atoms in total. The summed E-state index contributed by atoms with van der Waals surface area (Å²) in [5.74, 6) is -1.27. The van der Waals surface area contributed by atoms with Gasteiger partial charge in [-0.3, -0.25) is 14.4 Å². The maximum Gasteiger partial charge on any atom is 0.277 e. The average molecular weight is 273 g/mol. The topological polar surface area (TPSA) is 54.5 Å². The Labute approximate surface area is 113 Å². The Hall–Kier alpha value is -2.01. The molecule has 2 heterocycles. The molecule has 0 N–H and O–H groups in total. The van der Waals surface area contributed by atoms with Crippen LogP contribution in [0.15, 0.2) is 30.3 Å². The Morgan fingerprint density at radius 1 is 1.11 bits per heavy atom. The van der Waals surface area contributed by atoms with Crippen molar-refractivity contribution in [3.05, 3.63) is 35.2 Å². The van der Waals surface area contributed by atoms with E-state index in [1.165, 1.54) is 11.3 Å². The van der Waals surface area contributed by atoms with Crippen molar-refractivity contribution in [1.29, 1.82) is 0 Å². The summed E-state index contributed by atoms with van der Waals surface area (Å²) in [7, 11) is 0. The molecule has 1 saturated heterocycles. The highest BCUT2D eigenvalue weighted by Crippen LogP contribution is 2.27. The summed E-state index contributed by atoms with van der Waals surface area (Å²) >= 11 is 1.31. The minimum atomic E-state index is -0.490. The van der Waals surface area contributed by atoms with E-state index in [1.54, 1.807) is 6.07 Å². The van der Waals surface area contributed by atoms with Crippen molar-refractivity contribution in [3.8, 4) is 0 Å². The third-order valence-electron chi connectivity index (χ3n) is 3.12. The molecule has 2 aromatic rings. The van der Waals surface area contributed by atoms with Crippen LogP contribution in [0.3, 0.4) is 0 Å². The third-order valence-corrected chi connectivity index (χ3v) is 4.22. The molecular weight excluding hydrogens is 262 g/mol. The molecule has 0 aliphatic carbocycles. The number of hydrogen-bond donors (Lipinski definition) is 0. The Morgan fingerprint density at radius 2 is 1.79 bits per heavy atom. The van der Waals surface area contributed by atoms with Gasteiger partial charge in [0.2, 0.25) is 11.8 Å². The van der Waals surface area contributed by atoms with Crippen LogP contribution < -0.4 is 0 Å². The molecule has 0 bridgehead atoms. The lowest BCUT2D eigenvalue weighted by molar-refractivity contribution is -0.144. The van der Waals surface area contributed by atoms with Gasteiger partial charge in [-0.15, -0.1) is 11.3 Å². The number of imide groups is 3. The summed E-state index contributed by atoms with van der Waals surface area (Å²) < 4.78 is 0.975. The van der Waals surface area contributed by atoms with Crippen molar-refractivity contribution in [3.63, 3.8) is 0 Å². The van der Waals surface area contributed by atoms with E-state index in [0.29, 0.717) is 11.3 Å². The van der Waals surface area contributed by atoms with Gasteiger partial charge in [0.25, 0.3) is 5.91 Å². The summed E-state index contributed by atoms with van der Waals surface area (Å²) in [6.07, 6.45) is 1.07. The van der Waals surface area contributed by atoms with Crippen molar-refractivity contribution in [2.24, 2.45) is 0 Å². The number of piperidine rings is 1. The zero-order valence-electron chi connectivity index (χ0n) is 10.1. The van der Waals surface area contributed by atoms with Gasteiger partial charge in [0, 0.05) is 17.5 Å². The van der Waals surface area contributed by atoms with Crippen LogP contribution in [0.1, 0.15) is 28.9 Å². The fourth-order valence-corrected chi connectivity index (χ4v) is 3.17. The number of benzene rings is 1. The van der Waals surface area contributed by atoms with E-state index in [0.717, 1.165) is 15.0 Å². The predicted octanol–water partition coefficient (Wildman–Crippen LogP) is 2.58. The molecule has 96 valence electrons. The number of likely N-dealkylation sites (tertiary alicyclic amines) is 1. The lowest BCUT2D eigenvalue weighted by Gasteiger charge is -2.22. The van der Waals surface area contributed by atoms with Gasteiger partial charge in [0.1, 0.15) is 0 Å². The van der Waals surface area contributed by atoms with E-state index >= 15 is 0 Å². The normalized spacial score (nSPS) is 16.1. The maximum atomic E-state index is 12.3. The highest BCUT2D eigenvalue weighted by Gasteiger charge is 2.33. The Balaban J connectivity index is 1.98. The molecule has 1 aliphatic rings. The molecule has 19 heavy (non-hydrogen) atoms. The van der Waals surface area contributed by atoms with Crippen LogP contribution >= 0.6 is 11.3 Å². The molecule has 3 amide bonds. The minimum absolute atomic E-state index is 0.266. The molecule has 0 atom stereocenters. The van der Waals surface area contributed by atoms with Crippen molar-refractivity contribution >= 4 is 39.1 Å². The fourth-order valence-electron chi connectivity index (χ4n) is 2.18. The highest BCUT2D eigenvalue weighted by molar-refractivity contribution is 7.20. The molecule has 1 aromatic heterocycles. The van der Waals surface area contributed by atoms with Gasteiger partial charge in [0.05, 0.1) is 4.88 Å². The first kappa shape index (κ1) is 12.0. The highest BCUT2D eigenvalue weighted by atomic mass is 32.1. The van der Waals surface area contributed by atoms with Crippen molar-refractivity contribution < 1.29 is 14.4 Å². The molecule has 1 aliphatic heterocycles.